The molecule has 2 fully saturated rings. The summed E-state index contributed by atoms with van der Waals surface area (Å²) in [4.78, 5) is 0. The summed E-state index contributed by atoms with van der Waals surface area (Å²) in [6, 6.07) is 0.718. The van der Waals surface area contributed by atoms with Crippen LogP contribution in [0, 0.1) is 11.8 Å². The average molecular weight is 239 g/mol. The highest BCUT2D eigenvalue weighted by Gasteiger charge is 2.20. The maximum Gasteiger partial charge on any atom is 0.0469 e. The van der Waals surface area contributed by atoms with Crippen molar-refractivity contribution in [1.82, 2.24) is 5.32 Å². The summed E-state index contributed by atoms with van der Waals surface area (Å²) in [5.41, 5.74) is 0. The Balaban J connectivity index is 1.66. The Kier molecular flexibility index (Phi) is 5.79. The maximum absolute atomic E-state index is 5.41. The summed E-state index contributed by atoms with van der Waals surface area (Å²) < 4.78 is 5.41. The molecule has 2 nitrogen and oxygen atoms in total. The minimum Gasteiger partial charge on any atom is -0.381 e. The number of nitrogens with one attached hydrogen (secondary N) is 1. The van der Waals surface area contributed by atoms with E-state index < -0.39 is 0 Å². The molecule has 1 saturated heterocycles. The van der Waals surface area contributed by atoms with Crippen molar-refractivity contribution in [2.75, 3.05) is 19.8 Å². The van der Waals surface area contributed by atoms with Crippen LogP contribution >= 0.6 is 0 Å². The molecule has 1 N–H and O–H groups in total. The Morgan fingerprint density at radius 3 is 2.29 bits per heavy atom. The Morgan fingerprint density at radius 1 is 1.00 bits per heavy atom. The molecule has 1 aliphatic heterocycles. The molecule has 0 aromatic heterocycles. The van der Waals surface area contributed by atoms with Gasteiger partial charge in [-0.25, -0.2) is 0 Å². The predicted octanol–water partition coefficient (Wildman–Crippen LogP) is 3.36. The van der Waals surface area contributed by atoms with Crippen LogP contribution < -0.4 is 5.32 Å². The van der Waals surface area contributed by atoms with E-state index in [0.717, 1.165) is 31.1 Å². The van der Waals surface area contributed by atoms with Crippen LogP contribution in [0.3, 0.4) is 0 Å². The second-order valence-electron chi connectivity index (χ2n) is 6.00. The first-order valence-corrected chi connectivity index (χ1v) is 7.67. The first-order valence-electron chi connectivity index (χ1n) is 7.67. The van der Waals surface area contributed by atoms with E-state index in [0.29, 0.717) is 0 Å². The number of rotatable bonds is 4. The number of ether oxygens (including phenoxy) is 1. The molecule has 1 aliphatic carbocycles. The van der Waals surface area contributed by atoms with E-state index in [1.807, 2.05) is 0 Å². The molecule has 1 heterocycles. The fourth-order valence-corrected chi connectivity index (χ4v) is 3.28. The van der Waals surface area contributed by atoms with Gasteiger partial charge in [-0.3, -0.25) is 0 Å². The molecule has 17 heavy (non-hydrogen) atoms. The van der Waals surface area contributed by atoms with Crippen molar-refractivity contribution in [2.45, 2.75) is 64.3 Å². The summed E-state index contributed by atoms with van der Waals surface area (Å²) >= 11 is 0. The van der Waals surface area contributed by atoms with Crippen LogP contribution in [0.15, 0.2) is 0 Å². The van der Waals surface area contributed by atoms with Gasteiger partial charge < -0.3 is 10.1 Å². The van der Waals surface area contributed by atoms with Gasteiger partial charge in [-0.05, 0) is 51.0 Å². The zero-order chi connectivity index (χ0) is 11.9. The second-order valence-corrected chi connectivity index (χ2v) is 6.00. The van der Waals surface area contributed by atoms with Crippen LogP contribution in [0.25, 0.3) is 0 Å². The molecule has 0 spiro atoms. The number of hydrogen-bond acceptors (Lipinski definition) is 2. The lowest BCUT2D eigenvalue weighted by Gasteiger charge is -2.28. The van der Waals surface area contributed by atoms with E-state index in [1.54, 1.807) is 0 Å². The van der Waals surface area contributed by atoms with Gasteiger partial charge in [-0.2, -0.15) is 0 Å². The van der Waals surface area contributed by atoms with Crippen molar-refractivity contribution >= 4 is 0 Å². The standard InChI is InChI=1S/C15H29NO/c1-13(15-6-4-2-3-5-7-15)16-12-14-8-10-17-11-9-14/h13-16H,2-12H2,1H3/t13-/m1/s1. The van der Waals surface area contributed by atoms with Crippen LogP contribution in [-0.2, 0) is 4.74 Å². The van der Waals surface area contributed by atoms with Crippen molar-refractivity contribution in [3.8, 4) is 0 Å². The van der Waals surface area contributed by atoms with Gasteiger partial charge in [0.15, 0.2) is 0 Å². The third kappa shape index (κ3) is 4.59. The number of hydrogen-bond donors (Lipinski definition) is 1. The predicted molar refractivity (Wildman–Crippen MR) is 72.2 cm³/mol. The van der Waals surface area contributed by atoms with E-state index in [-0.39, 0.29) is 0 Å². The Morgan fingerprint density at radius 2 is 1.65 bits per heavy atom. The smallest absolute Gasteiger partial charge is 0.0469 e. The lowest BCUT2D eigenvalue weighted by Crippen LogP contribution is -2.38. The molecule has 1 atom stereocenters. The van der Waals surface area contributed by atoms with Crippen molar-refractivity contribution in [3.05, 3.63) is 0 Å². The Bertz CT molecular complexity index is 193. The third-order valence-corrected chi connectivity index (χ3v) is 4.68. The van der Waals surface area contributed by atoms with E-state index in [2.05, 4.69) is 12.2 Å². The molecule has 0 aromatic carbocycles. The second kappa shape index (κ2) is 7.38. The van der Waals surface area contributed by atoms with E-state index >= 15 is 0 Å². The summed E-state index contributed by atoms with van der Waals surface area (Å²) in [6.45, 7) is 5.56. The fraction of sp³-hybridized carbons (Fsp3) is 1.00. The first-order chi connectivity index (χ1) is 8.36. The summed E-state index contributed by atoms with van der Waals surface area (Å²) in [6.07, 6.45) is 11.2. The molecule has 2 aliphatic rings. The fourth-order valence-electron chi connectivity index (χ4n) is 3.28. The summed E-state index contributed by atoms with van der Waals surface area (Å²) in [5, 5.41) is 3.79. The van der Waals surface area contributed by atoms with Crippen molar-refractivity contribution in [1.29, 1.82) is 0 Å². The molecule has 0 aromatic rings. The lowest BCUT2D eigenvalue weighted by atomic mass is 9.92. The highest BCUT2D eigenvalue weighted by molar-refractivity contribution is 4.76. The normalized spacial score (nSPS) is 26.6. The van der Waals surface area contributed by atoms with E-state index in [1.165, 1.54) is 57.9 Å². The summed E-state index contributed by atoms with van der Waals surface area (Å²) in [5.74, 6) is 1.79. The zero-order valence-electron chi connectivity index (χ0n) is 11.4. The van der Waals surface area contributed by atoms with Crippen LogP contribution in [0.5, 0.6) is 0 Å². The topological polar surface area (TPSA) is 21.3 Å². The lowest BCUT2D eigenvalue weighted by molar-refractivity contribution is 0.0648. The minimum absolute atomic E-state index is 0.718. The van der Waals surface area contributed by atoms with E-state index in [4.69, 9.17) is 4.74 Å². The molecule has 0 bridgehead atoms. The van der Waals surface area contributed by atoms with Gasteiger partial charge in [0.05, 0.1) is 0 Å². The molecule has 2 rings (SSSR count). The first kappa shape index (κ1) is 13.4. The quantitative estimate of drug-likeness (QED) is 0.760. The zero-order valence-corrected chi connectivity index (χ0v) is 11.4. The molecule has 0 amide bonds. The third-order valence-electron chi connectivity index (χ3n) is 4.68. The minimum atomic E-state index is 0.718. The van der Waals surface area contributed by atoms with E-state index in [9.17, 15) is 0 Å². The van der Waals surface area contributed by atoms with Crippen LogP contribution in [0.1, 0.15) is 58.3 Å². The van der Waals surface area contributed by atoms with Crippen LogP contribution in [0.2, 0.25) is 0 Å². The molecular formula is C15H29NO. The largest absolute Gasteiger partial charge is 0.381 e. The van der Waals surface area contributed by atoms with Crippen molar-refractivity contribution < 1.29 is 4.74 Å². The highest BCUT2D eigenvalue weighted by Crippen LogP contribution is 2.25. The molecule has 0 radical (unpaired) electrons. The van der Waals surface area contributed by atoms with Crippen LogP contribution in [-0.4, -0.2) is 25.8 Å². The molecular weight excluding hydrogens is 210 g/mol. The highest BCUT2D eigenvalue weighted by atomic mass is 16.5. The van der Waals surface area contributed by atoms with Crippen molar-refractivity contribution in [3.63, 3.8) is 0 Å². The van der Waals surface area contributed by atoms with Crippen molar-refractivity contribution in [2.24, 2.45) is 11.8 Å². The van der Waals surface area contributed by atoms with Crippen LogP contribution in [0.4, 0.5) is 0 Å². The average Bonchev–Trinajstić information content (AvgIpc) is 2.66. The van der Waals surface area contributed by atoms with Gasteiger partial charge in [0.2, 0.25) is 0 Å². The summed E-state index contributed by atoms with van der Waals surface area (Å²) in [7, 11) is 0. The molecule has 0 unspecified atom stereocenters. The van der Waals surface area contributed by atoms with Gasteiger partial charge in [-0.15, -0.1) is 0 Å². The van der Waals surface area contributed by atoms with Gasteiger partial charge in [0, 0.05) is 19.3 Å². The van der Waals surface area contributed by atoms with Gasteiger partial charge in [0.25, 0.3) is 0 Å². The molecule has 1 saturated carbocycles. The molecule has 100 valence electrons. The van der Waals surface area contributed by atoms with Gasteiger partial charge in [-0.1, -0.05) is 25.7 Å². The SMILES string of the molecule is C[C@@H](NCC1CCOCC1)C1CCCCCC1. The Hall–Kier alpha value is -0.0800. The maximum atomic E-state index is 5.41. The monoisotopic (exact) mass is 239 g/mol. The van der Waals surface area contributed by atoms with Gasteiger partial charge in [0.1, 0.15) is 0 Å². The Labute approximate surface area is 107 Å². The van der Waals surface area contributed by atoms with Gasteiger partial charge >= 0.3 is 0 Å². The molecule has 2 heteroatoms.